The average molecular weight is 128 g/mol. The zero-order chi connectivity index (χ0) is 6.69. The van der Waals surface area contributed by atoms with Crippen LogP contribution in [0.1, 0.15) is 0 Å². The van der Waals surface area contributed by atoms with Crippen molar-refractivity contribution in [2.24, 2.45) is 0 Å². The third-order valence-corrected chi connectivity index (χ3v) is 1.58. The highest BCUT2D eigenvalue weighted by Gasteiger charge is 2.13. The zero-order valence-corrected chi connectivity index (χ0v) is 6.09. The van der Waals surface area contributed by atoms with Gasteiger partial charge in [-0.05, 0) is 14.1 Å². The molecule has 0 bridgehead atoms. The summed E-state index contributed by atoms with van der Waals surface area (Å²) in [5.74, 6) is 0. The first-order chi connectivity index (χ1) is 4.30. The molecule has 1 fully saturated rings. The van der Waals surface area contributed by atoms with E-state index < -0.39 is 0 Å². The number of piperazine rings is 1. The van der Waals surface area contributed by atoms with Crippen LogP contribution in [0.3, 0.4) is 0 Å². The summed E-state index contributed by atoms with van der Waals surface area (Å²) >= 11 is 0. The topological polar surface area (TPSA) is 29.4 Å². The fourth-order valence-electron chi connectivity index (χ4n) is 0.934. The standard InChI is InChI=1S/C6H14N3/c1-9(2)6-5-7-3-4-8-6/h6,8H,3-5H2,1-2H3. The van der Waals surface area contributed by atoms with Gasteiger partial charge in [-0.2, -0.15) is 0 Å². The van der Waals surface area contributed by atoms with Crippen LogP contribution >= 0.6 is 0 Å². The van der Waals surface area contributed by atoms with Crippen molar-refractivity contribution in [3.05, 3.63) is 0 Å². The fraction of sp³-hybridized carbons (Fsp3) is 1.00. The Kier molecular flexibility index (Phi) is 2.45. The van der Waals surface area contributed by atoms with Crippen LogP contribution in [0.5, 0.6) is 0 Å². The number of hydrogen-bond donors (Lipinski definition) is 1. The van der Waals surface area contributed by atoms with E-state index in [1.54, 1.807) is 0 Å². The van der Waals surface area contributed by atoms with Gasteiger partial charge in [0.1, 0.15) is 0 Å². The lowest BCUT2D eigenvalue weighted by Gasteiger charge is -2.28. The Balaban J connectivity index is 2.23. The van der Waals surface area contributed by atoms with E-state index in [-0.39, 0.29) is 0 Å². The minimum absolute atomic E-state index is 0.471. The maximum atomic E-state index is 4.28. The molecule has 0 aromatic rings. The molecule has 1 saturated heterocycles. The van der Waals surface area contributed by atoms with Crippen molar-refractivity contribution in [1.82, 2.24) is 15.5 Å². The summed E-state index contributed by atoms with van der Waals surface area (Å²) in [6.45, 7) is 2.94. The Hall–Kier alpha value is -0.120. The molecule has 1 aliphatic heterocycles. The van der Waals surface area contributed by atoms with Gasteiger partial charge in [0.25, 0.3) is 0 Å². The number of rotatable bonds is 1. The van der Waals surface area contributed by atoms with E-state index in [1.165, 1.54) is 0 Å². The SMILES string of the molecule is CN(C)C1C[N]CCN1. The van der Waals surface area contributed by atoms with E-state index in [2.05, 4.69) is 29.6 Å². The monoisotopic (exact) mass is 128 g/mol. The summed E-state index contributed by atoms with van der Waals surface area (Å²) in [6, 6.07) is 0. The third kappa shape index (κ3) is 1.93. The molecule has 1 atom stereocenters. The maximum absolute atomic E-state index is 4.28. The molecule has 1 heterocycles. The van der Waals surface area contributed by atoms with Crippen molar-refractivity contribution in [1.29, 1.82) is 0 Å². The van der Waals surface area contributed by atoms with Crippen molar-refractivity contribution in [2.75, 3.05) is 33.7 Å². The lowest BCUT2D eigenvalue weighted by atomic mass is 10.3. The summed E-state index contributed by atoms with van der Waals surface area (Å²) < 4.78 is 0. The third-order valence-electron chi connectivity index (χ3n) is 1.58. The van der Waals surface area contributed by atoms with E-state index in [1.807, 2.05) is 0 Å². The highest BCUT2D eigenvalue weighted by Crippen LogP contribution is 1.90. The second kappa shape index (κ2) is 3.15. The van der Waals surface area contributed by atoms with Crippen LogP contribution in [-0.2, 0) is 0 Å². The van der Waals surface area contributed by atoms with Gasteiger partial charge >= 0.3 is 0 Å². The van der Waals surface area contributed by atoms with E-state index >= 15 is 0 Å². The molecule has 0 saturated carbocycles. The highest BCUT2D eigenvalue weighted by atomic mass is 15.3. The van der Waals surface area contributed by atoms with Crippen molar-refractivity contribution in [3.63, 3.8) is 0 Å². The summed E-state index contributed by atoms with van der Waals surface area (Å²) in [7, 11) is 4.14. The number of nitrogens with one attached hydrogen (secondary N) is 1. The largest absolute Gasteiger partial charge is 0.299 e. The molecule has 1 radical (unpaired) electrons. The van der Waals surface area contributed by atoms with Gasteiger partial charge in [0, 0.05) is 19.6 Å². The molecule has 0 aromatic heterocycles. The molecule has 1 N–H and O–H groups in total. The lowest BCUT2D eigenvalue weighted by Crippen LogP contribution is -2.52. The van der Waals surface area contributed by atoms with Crippen molar-refractivity contribution < 1.29 is 0 Å². The Labute approximate surface area is 56.4 Å². The van der Waals surface area contributed by atoms with Gasteiger partial charge in [-0.3, -0.25) is 10.2 Å². The zero-order valence-electron chi connectivity index (χ0n) is 6.09. The first-order valence-corrected chi connectivity index (χ1v) is 3.34. The van der Waals surface area contributed by atoms with Crippen LogP contribution in [0, 0.1) is 0 Å². The lowest BCUT2D eigenvalue weighted by molar-refractivity contribution is 0.215. The van der Waals surface area contributed by atoms with Crippen LogP contribution in [-0.4, -0.2) is 44.8 Å². The first kappa shape index (κ1) is 6.99. The number of nitrogens with zero attached hydrogens (tertiary/aromatic N) is 2. The molecule has 3 nitrogen and oxygen atoms in total. The van der Waals surface area contributed by atoms with E-state index in [9.17, 15) is 0 Å². The molecule has 9 heavy (non-hydrogen) atoms. The van der Waals surface area contributed by atoms with Gasteiger partial charge in [0.2, 0.25) is 0 Å². The van der Waals surface area contributed by atoms with Gasteiger partial charge in [-0.15, -0.1) is 0 Å². The molecule has 0 spiro atoms. The Morgan fingerprint density at radius 3 is 2.67 bits per heavy atom. The van der Waals surface area contributed by atoms with Crippen LogP contribution in [0.25, 0.3) is 0 Å². The van der Waals surface area contributed by atoms with E-state index in [0.717, 1.165) is 19.6 Å². The molecule has 0 amide bonds. The molecule has 1 rings (SSSR count). The number of likely N-dealkylation sites (N-methyl/N-ethyl adjacent to an activating group) is 1. The predicted molar refractivity (Wildman–Crippen MR) is 37.3 cm³/mol. The number of hydrogen-bond acceptors (Lipinski definition) is 2. The fourth-order valence-corrected chi connectivity index (χ4v) is 0.934. The quantitative estimate of drug-likeness (QED) is 0.495. The summed E-state index contributed by atoms with van der Waals surface area (Å²) in [6.07, 6.45) is 0.471. The molecule has 1 unspecified atom stereocenters. The van der Waals surface area contributed by atoms with Crippen LogP contribution in [0.2, 0.25) is 0 Å². The molecular formula is C6H14N3. The van der Waals surface area contributed by atoms with E-state index in [4.69, 9.17) is 0 Å². The normalized spacial score (nSPS) is 29.0. The Morgan fingerprint density at radius 1 is 1.56 bits per heavy atom. The molecular weight excluding hydrogens is 114 g/mol. The summed E-state index contributed by atoms with van der Waals surface area (Å²) in [5.41, 5.74) is 0. The molecule has 0 aromatic carbocycles. The van der Waals surface area contributed by atoms with Gasteiger partial charge in [-0.1, -0.05) is 0 Å². The van der Waals surface area contributed by atoms with Crippen molar-refractivity contribution in [2.45, 2.75) is 6.17 Å². The smallest absolute Gasteiger partial charge is 0.0738 e. The minimum atomic E-state index is 0.471. The van der Waals surface area contributed by atoms with Gasteiger partial charge < -0.3 is 0 Å². The highest BCUT2D eigenvalue weighted by molar-refractivity contribution is 4.71. The Morgan fingerprint density at radius 2 is 2.33 bits per heavy atom. The molecule has 3 heteroatoms. The molecule has 53 valence electrons. The second-order valence-electron chi connectivity index (χ2n) is 2.56. The summed E-state index contributed by atoms with van der Waals surface area (Å²) in [5, 5.41) is 7.63. The predicted octanol–water partition coefficient (Wildman–Crippen LogP) is -0.918. The Bertz CT molecular complexity index is 76.4. The average Bonchev–Trinajstić information content (AvgIpc) is 1.90. The maximum Gasteiger partial charge on any atom is 0.0738 e. The van der Waals surface area contributed by atoms with Crippen LogP contribution in [0.15, 0.2) is 0 Å². The molecule has 1 aliphatic rings. The van der Waals surface area contributed by atoms with Gasteiger partial charge in [-0.25, -0.2) is 5.32 Å². The van der Waals surface area contributed by atoms with Gasteiger partial charge in [0.05, 0.1) is 6.17 Å². The molecule has 0 aliphatic carbocycles. The van der Waals surface area contributed by atoms with E-state index in [0.29, 0.717) is 6.17 Å². The van der Waals surface area contributed by atoms with Crippen molar-refractivity contribution >= 4 is 0 Å². The van der Waals surface area contributed by atoms with Gasteiger partial charge in [0.15, 0.2) is 0 Å². The second-order valence-corrected chi connectivity index (χ2v) is 2.56. The first-order valence-electron chi connectivity index (χ1n) is 3.34. The van der Waals surface area contributed by atoms with Crippen LogP contribution < -0.4 is 10.6 Å². The summed E-state index contributed by atoms with van der Waals surface area (Å²) in [4.78, 5) is 2.16. The van der Waals surface area contributed by atoms with Crippen LogP contribution in [0.4, 0.5) is 0 Å². The van der Waals surface area contributed by atoms with Crippen molar-refractivity contribution in [3.8, 4) is 0 Å². The minimum Gasteiger partial charge on any atom is -0.299 e.